The van der Waals surface area contributed by atoms with Crippen molar-refractivity contribution in [3.05, 3.63) is 71.5 Å². The lowest BCUT2D eigenvalue weighted by Crippen LogP contribution is -2.11. The normalized spacial score (nSPS) is 10.6. The highest BCUT2D eigenvalue weighted by Gasteiger charge is 2.13. The Morgan fingerprint density at radius 3 is 2.29 bits per heavy atom. The van der Waals surface area contributed by atoms with Gasteiger partial charge in [-0.2, -0.15) is 0 Å². The van der Waals surface area contributed by atoms with Gasteiger partial charge in [0.1, 0.15) is 5.75 Å². The zero-order valence-electron chi connectivity index (χ0n) is 13.6. The van der Waals surface area contributed by atoms with Gasteiger partial charge in [0.2, 0.25) is 5.91 Å². The maximum absolute atomic E-state index is 11.8. The first-order valence-corrected chi connectivity index (χ1v) is 7.62. The molecule has 0 aliphatic carbocycles. The molecule has 0 aliphatic rings. The van der Waals surface area contributed by atoms with Crippen LogP contribution in [-0.4, -0.2) is 16.0 Å². The summed E-state index contributed by atoms with van der Waals surface area (Å²) < 4.78 is 0. The van der Waals surface area contributed by atoms with E-state index in [-0.39, 0.29) is 5.75 Å². The molecule has 0 spiro atoms. The quantitative estimate of drug-likeness (QED) is 0.770. The zero-order chi connectivity index (χ0) is 17.3. The van der Waals surface area contributed by atoms with E-state index in [4.69, 9.17) is 5.73 Å². The van der Waals surface area contributed by atoms with E-state index in [0.717, 1.165) is 33.4 Å². The number of phenols is 1. The summed E-state index contributed by atoms with van der Waals surface area (Å²) in [5, 5.41) is 10.1. The van der Waals surface area contributed by atoms with Crippen molar-refractivity contribution >= 4 is 5.91 Å². The second-order valence-corrected chi connectivity index (χ2v) is 5.80. The second kappa shape index (κ2) is 6.16. The molecule has 0 fully saturated rings. The van der Waals surface area contributed by atoms with Crippen LogP contribution in [0.3, 0.4) is 0 Å². The zero-order valence-corrected chi connectivity index (χ0v) is 13.6. The summed E-state index contributed by atoms with van der Waals surface area (Å²) in [4.78, 5) is 15.8. The summed E-state index contributed by atoms with van der Waals surface area (Å²) in [6.07, 6.45) is 3.41. The van der Waals surface area contributed by atoms with Crippen LogP contribution in [-0.2, 0) is 0 Å². The fraction of sp³-hybridized carbons (Fsp3) is 0.100. The van der Waals surface area contributed by atoms with Crippen molar-refractivity contribution < 1.29 is 9.90 Å². The van der Waals surface area contributed by atoms with Gasteiger partial charge in [-0.25, -0.2) is 0 Å². The largest absolute Gasteiger partial charge is 0.508 e. The van der Waals surface area contributed by atoms with E-state index in [0.29, 0.717) is 5.56 Å². The highest BCUT2D eigenvalue weighted by Crippen LogP contribution is 2.35. The van der Waals surface area contributed by atoms with Crippen LogP contribution in [0.15, 0.2) is 54.9 Å². The molecule has 0 radical (unpaired) electrons. The van der Waals surface area contributed by atoms with Crippen molar-refractivity contribution in [1.29, 1.82) is 0 Å². The Morgan fingerprint density at radius 2 is 1.62 bits per heavy atom. The van der Waals surface area contributed by atoms with E-state index in [9.17, 15) is 9.90 Å². The first-order chi connectivity index (χ1) is 11.5. The number of nitrogens with two attached hydrogens (primary N) is 1. The highest BCUT2D eigenvalue weighted by molar-refractivity contribution is 5.96. The molecule has 1 aromatic heterocycles. The van der Waals surface area contributed by atoms with E-state index >= 15 is 0 Å². The fourth-order valence-corrected chi connectivity index (χ4v) is 2.91. The van der Waals surface area contributed by atoms with Gasteiger partial charge < -0.3 is 10.8 Å². The molecule has 0 saturated carbocycles. The molecule has 4 nitrogen and oxygen atoms in total. The lowest BCUT2D eigenvalue weighted by Gasteiger charge is -2.14. The number of primary amides is 1. The standard InChI is InChI=1S/C20H18N2O2/c1-12-3-4-18(23)13(2)19(12)16-9-15(10-17(11-16)20(21)24)14-5-7-22-8-6-14/h3-11,23H,1-2H3,(H2,21,24). The molecule has 0 saturated heterocycles. The lowest BCUT2D eigenvalue weighted by molar-refractivity contribution is 0.100. The summed E-state index contributed by atoms with van der Waals surface area (Å²) in [5.74, 6) is -0.256. The summed E-state index contributed by atoms with van der Waals surface area (Å²) in [6.45, 7) is 3.84. The number of aryl methyl sites for hydroxylation is 1. The Hall–Kier alpha value is -3.14. The van der Waals surface area contributed by atoms with Gasteiger partial charge in [-0.3, -0.25) is 9.78 Å². The van der Waals surface area contributed by atoms with E-state index in [1.807, 2.05) is 38.1 Å². The number of amides is 1. The molecular formula is C20H18N2O2. The number of carbonyl (C=O) groups excluding carboxylic acids is 1. The maximum atomic E-state index is 11.8. The van der Waals surface area contributed by atoms with E-state index in [1.54, 1.807) is 30.6 Å². The maximum Gasteiger partial charge on any atom is 0.248 e. The number of aromatic nitrogens is 1. The molecule has 0 bridgehead atoms. The average molecular weight is 318 g/mol. The van der Waals surface area contributed by atoms with Crippen molar-refractivity contribution in [2.45, 2.75) is 13.8 Å². The molecule has 3 N–H and O–H groups in total. The van der Waals surface area contributed by atoms with E-state index < -0.39 is 5.91 Å². The Bertz CT molecular complexity index is 918. The van der Waals surface area contributed by atoms with Gasteiger partial charge in [0.15, 0.2) is 0 Å². The van der Waals surface area contributed by atoms with Gasteiger partial charge in [0.05, 0.1) is 0 Å². The Balaban J connectivity index is 2.28. The predicted molar refractivity (Wildman–Crippen MR) is 94.8 cm³/mol. The van der Waals surface area contributed by atoms with Crippen LogP contribution < -0.4 is 5.73 Å². The molecule has 0 unspecified atom stereocenters. The number of phenolic OH excluding ortho intramolecular Hbond substituents is 1. The van der Waals surface area contributed by atoms with Gasteiger partial charge >= 0.3 is 0 Å². The summed E-state index contributed by atoms with van der Waals surface area (Å²) in [5.41, 5.74) is 11.3. The molecule has 1 heterocycles. The number of aromatic hydroxyl groups is 1. The first kappa shape index (κ1) is 15.7. The number of nitrogens with zero attached hydrogens (tertiary/aromatic N) is 1. The predicted octanol–water partition coefficient (Wildman–Crippen LogP) is 3.84. The van der Waals surface area contributed by atoms with Gasteiger partial charge in [-0.15, -0.1) is 0 Å². The Morgan fingerprint density at radius 1 is 0.958 bits per heavy atom. The van der Waals surface area contributed by atoms with Crippen LogP contribution in [0, 0.1) is 13.8 Å². The summed E-state index contributed by atoms with van der Waals surface area (Å²) in [7, 11) is 0. The minimum atomic E-state index is -0.484. The molecule has 2 aromatic carbocycles. The fourth-order valence-electron chi connectivity index (χ4n) is 2.91. The first-order valence-electron chi connectivity index (χ1n) is 7.62. The third-order valence-electron chi connectivity index (χ3n) is 4.16. The van der Waals surface area contributed by atoms with Gasteiger partial charge in [-0.1, -0.05) is 6.07 Å². The van der Waals surface area contributed by atoms with Crippen molar-refractivity contribution in [3.8, 4) is 28.0 Å². The molecule has 0 aliphatic heterocycles. The monoisotopic (exact) mass is 318 g/mol. The summed E-state index contributed by atoms with van der Waals surface area (Å²) in [6, 6.07) is 12.8. The minimum Gasteiger partial charge on any atom is -0.508 e. The van der Waals surface area contributed by atoms with E-state index in [1.165, 1.54) is 0 Å². The molecule has 4 heteroatoms. The molecule has 3 rings (SSSR count). The molecule has 1 amide bonds. The van der Waals surface area contributed by atoms with Crippen LogP contribution >= 0.6 is 0 Å². The van der Waals surface area contributed by atoms with Gasteiger partial charge in [-0.05, 0) is 83.6 Å². The van der Waals surface area contributed by atoms with Gasteiger partial charge in [0, 0.05) is 18.0 Å². The number of hydrogen-bond donors (Lipinski definition) is 2. The number of pyridine rings is 1. The lowest BCUT2D eigenvalue weighted by atomic mass is 9.91. The Labute approximate surface area is 140 Å². The SMILES string of the molecule is Cc1ccc(O)c(C)c1-c1cc(C(N)=O)cc(-c2ccncc2)c1. The van der Waals surface area contributed by atoms with Crippen LogP contribution in [0.2, 0.25) is 0 Å². The van der Waals surface area contributed by atoms with E-state index in [2.05, 4.69) is 4.98 Å². The minimum absolute atomic E-state index is 0.227. The average Bonchev–Trinajstić information content (AvgIpc) is 2.59. The smallest absolute Gasteiger partial charge is 0.248 e. The molecular weight excluding hydrogens is 300 g/mol. The van der Waals surface area contributed by atoms with Crippen molar-refractivity contribution in [1.82, 2.24) is 4.98 Å². The molecule has 0 atom stereocenters. The Kier molecular flexibility index (Phi) is 4.04. The van der Waals surface area contributed by atoms with Gasteiger partial charge in [0.25, 0.3) is 0 Å². The number of hydrogen-bond acceptors (Lipinski definition) is 3. The third-order valence-corrected chi connectivity index (χ3v) is 4.16. The van der Waals surface area contributed by atoms with Crippen LogP contribution in [0.4, 0.5) is 0 Å². The molecule has 3 aromatic rings. The second-order valence-electron chi connectivity index (χ2n) is 5.80. The number of benzene rings is 2. The molecule has 120 valence electrons. The topological polar surface area (TPSA) is 76.2 Å². The van der Waals surface area contributed by atoms with Crippen LogP contribution in [0.5, 0.6) is 5.75 Å². The van der Waals surface area contributed by atoms with Crippen LogP contribution in [0.1, 0.15) is 21.5 Å². The van der Waals surface area contributed by atoms with Crippen LogP contribution in [0.25, 0.3) is 22.3 Å². The van der Waals surface area contributed by atoms with Crippen molar-refractivity contribution in [2.24, 2.45) is 5.73 Å². The number of carbonyl (C=O) groups is 1. The molecule has 24 heavy (non-hydrogen) atoms. The summed E-state index contributed by atoms with van der Waals surface area (Å²) >= 11 is 0. The number of rotatable bonds is 3. The van der Waals surface area contributed by atoms with Crippen molar-refractivity contribution in [3.63, 3.8) is 0 Å². The highest BCUT2D eigenvalue weighted by atomic mass is 16.3. The van der Waals surface area contributed by atoms with Crippen molar-refractivity contribution in [2.75, 3.05) is 0 Å². The third kappa shape index (κ3) is 2.86.